The van der Waals surface area contributed by atoms with Crippen LogP contribution in [-0.2, 0) is 0 Å². The number of hydrogen-bond donors (Lipinski definition) is 1. The van der Waals surface area contributed by atoms with Crippen molar-refractivity contribution in [1.82, 2.24) is 5.32 Å². The van der Waals surface area contributed by atoms with Crippen LogP contribution in [0.1, 0.15) is 28.9 Å². The lowest BCUT2D eigenvalue weighted by Crippen LogP contribution is -2.33. The van der Waals surface area contributed by atoms with E-state index in [-0.39, 0.29) is 5.91 Å². The summed E-state index contributed by atoms with van der Waals surface area (Å²) in [5.41, 5.74) is 10.7. The van der Waals surface area contributed by atoms with E-state index in [0.717, 1.165) is 5.56 Å². The van der Waals surface area contributed by atoms with Crippen molar-refractivity contribution < 1.29 is 14.3 Å². The van der Waals surface area contributed by atoms with Crippen LogP contribution in [0.5, 0.6) is 5.75 Å². The number of hydrogen-bond acceptors (Lipinski definition) is 2. The second kappa shape index (κ2) is 7.20. The summed E-state index contributed by atoms with van der Waals surface area (Å²) in [6, 6.07) is 15.8. The van der Waals surface area contributed by atoms with Gasteiger partial charge in [-0.15, -0.1) is 0 Å². The third-order valence-corrected chi connectivity index (χ3v) is 3.34. The highest BCUT2D eigenvalue weighted by atomic mass is 16.5. The molecule has 22 heavy (non-hydrogen) atoms. The molecule has 0 aromatic heterocycles. The van der Waals surface area contributed by atoms with Gasteiger partial charge >= 0.3 is 0 Å². The number of rotatable bonds is 5. The van der Waals surface area contributed by atoms with E-state index < -0.39 is 6.04 Å². The molecule has 0 aliphatic heterocycles. The maximum Gasteiger partial charge on any atom is 0.292 e. The Kier molecular flexibility index (Phi) is 5.07. The minimum atomic E-state index is -0.511. The molecule has 0 heterocycles. The minimum absolute atomic E-state index is 0.297. The molecule has 1 unspecified atom stereocenters. The van der Waals surface area contributed by atoms with Crippen molar-refractivity contribution >= 4 is 11.6 Å². The Balaban J connectivity index is 2.32. The number of amides is 1. The highest BCUT2D eigenvalue weighted by Crippen LogP contribution is 2.20. The normalized spacial score (nSPS) is 11.2. The molecule has 2 aromatic rings. The van der Waals surface area contributed by atoms with Crippen molar-refractivity contribution in [1.29, 1.82) is 0 Å². The zero-order chi connectivity index (χ0) is 15.9. The zero-order valence-electron chi connectivity index (χ0n) is 12.5. The number of methoxy groups -OCH3 is 1. The number of benzene rings is 2. The lowest BCUT2D eigenvalue weighted by Gasteiger charge is -2.15. The molecular formula is C17H17N3O2. The van der Waals surface area contributed by atoms with Gasteiger partial charge in [0.15, 0.2) is 6.04 Å². The van der Waals surface area contributed by atoms with Gasteiger partial charge in [-0.25, -0.2) is 0 Å². The number of para-hydroxylation sites is 1. The van der Waals surface area contributed by atoms with Gasteiger partial charge in [-0.2, -0.15) is 4.79 Å². The summed E-state index contributed by atoms with van der Waals surface area (Å²) in [4.78, 5) is 15.7. The van der Waals surface area contributed by atoms with Crippen LogP contribution >= 0.6 is 0 Å². The van der Waals surface area contributed by atoms with Crippen molar-refractivity contribution in [2.24, 2.45) is 0 Å². The van der Waals surface area contributed by atoms with E-state index in [9.17, 15) is 4.79 Å². The maximum atomic E-state index is 12.5. The molecule has 0 radical (unpaired) electrons. The second-order valence-electron chi connectivity index (χ2n) is 4.76. The molecule has 1 atom stereocenters. The fourth-order valence-electron chi connectivity index (χ4n) is 2.17. The Morgan fingerprint density at radius 1 is 1.14 bits per heavy atom. The Morgan fingerprint density at radius 3 is 2.41 bits per heavy atom. The molecule has 1 amide bonds. The SMILES string of the molecule is COc1ccccc1C(=O)NC(C(C)=[N+]=[N-])c1ccccc1. The van der Waals surface area contributed by atoms with Crippen molar-refractivity contribution in [3.8, 4) is 5.75 Å². The number of ether oxygens (including phenoxy) is 1. The molecule has 5 nitrogen and oxygen atoms in total. The molecule has 0 spiro atoms. The first-order valence-corrected chi connectivity index (χ1v) is 6.84. The number of nitrogens with zero attached hydrogens (tertiary/aromatic N) is 2. The van der Waals surface area contributed by atoms with Crippen LogP contribution in [0, 0.1) is 0 Å². The fraction of sp³-hybridized carbons (Fsp3) is 0.176. The standard InChI is InChI=1S/C17H17N3O2/c1-12(20-18)16(13-8-4-3-5-9-13)19-17(21)14-10-6-7-11-15(14)22-2/h3-11,16H,1-2H3,(H,19,21). The van der Waals surface area contributed by atoms with Gasteiger partial charge in [-0.05, 0) is 17.7 Å². The summed E-state index contributed by atoms with van der Waals surface area (Å²) >= 11 is 0. The van der Waals surface area contributed by atoms with E-state index in [1.54, 1.807) is 31.2 Å². The van der Waals surface area contributed by atoms with Gasteiger partial charge in [-0.1, -0.05) is 42.5 Å². The van der Waals surface area contributed by atoms with Crippen LogP contribution in [0.3, 0.4) is 0 Å². The summed E-state index contributed by atoms with van der Waals surface area (Å²) in [6.45, 7) is 1.65. The van der Waals surface area contributed by atoms with Gasteiger partial charge in [0.25, 0.3) is 11.6 Å². The van der Waals surface area contributed by atoms with Gasteiger partial charge in [0.2, 0.25) is 0 Å². The molecule has 5 heteroatoms. The lowest BCUT2D eigenvalue weighted by molar-refractivity contribution is -0.0116. The molecule has 0 saturated carbocycles. The highest BCUT2D eigenvalue weighted by molar-refractivity contribution is 5.99. The average Bonchev–Trinajstić information content (AvgIpc) is 2.59. The minimum Gasteiger partial charge on any atom is -0.496 e. The molecule has 112 valence electrons. The molecule has 1 N–H and O–H groups in total. The smallest absolute Gasteiger partial charge is 0.292 e. The summed E-state index contributed by atoms with van der Waals surface area (Å²) in [5, 5.41) is 2.87. The average molecular weight is 295 g/mol. The van der Waals surface area contributed by atoms with E-state index in [2.05, 4.69) is 10.1 Å². The first kappa shape index (κ1) is 15.5. The van der Waals surface area contributed by atoms with Gasteiger partial charge in [0.1, 0.15) is 5.75 Å². The quantitative estimate of drug-likeness (QED) is 0.523. The van der Waals surface area contributed by atoms with Gasteiger partial charge in [0, 0.05) is 6.92 Å². The Hall–Kier alpha value is -2.91. The molecule has 2 rings (SSSR count). The molecule has 0 aliphatic rings. The summed E-state index contributed by atoms with van der Waals surface area (Å²) in [5.74, 6) is 0.194. The van der Waals surface area contributed by atoms with Crippen LogP contribution in [0.15, 0.2) is 54.6 Å². The Labute approximate surface area is 129 Å². The van der Waals surface area contributed by atoms with Crippen LogP contribution in [-0.4, -0.2) is 23.5 Å². The monoisotopic (exact) mass is 295 g/mol. The lowest BCUT2D eigenvalue weighted by atomic mass is 10.0. The Bertz CT molecular complexity index is 707. The molecule has 2 aromatic carbocycles. The zero-order valence-corrected chi connectivity index (χ0v) is 12.5. The summed E-state index contributed by atoms with van der Waals surface area (Å²) in [6.07, 6.45) is 0. The third-order valence-electron chi connectivity index (χ3n) is 3.34. The van der Waals surface area contributed by atoms with Crippen molar-refractivity contribution in [3.05, 3.63) is 71.3 Å². The van der Waals surface area contributed by atoms with Crippen molar-refractivity contribution in [2.45, 2.75) is 13.0 Å². The van der Waals surface area contributed by atoms with Crippen molar-refractivity contribution in [3.63, 3.8) is 0 Å². The predicted molar refractivity (Wildman–Crippen MR) is 83.9 cm³/mol. The highest BCUT2D eigenvalue weighted by Gasteiger charge is 2.24. The molecular weight excluding hydrogens is 278 g/mol. The number of nitrogens with one attached hydrogen (secondary N) is 1. The third kappa shape index (κ3) is 3.40. The molecule has 0 saturated heterocycles. The van der Waals surface area contributed by atoms with Crippen LogP contribution in [0.4, 0.5) is 0 Å². The molecule has 0 fully saturated rings. The van der Waals surface area contributed by atoms with Crippen LogP contribution < -0.4 is 10.1 Å². The van der Waals surface area contributed by atoms with Crippen LogP contribution in [0.25, 0.3) is 5.53 Å². The van der Waals surface area contributed by atoms with E-state index in [4.69, 9.17) is 10.3 Å². The van der Waals surface area contributed by atoms with Gasteiger partial charge in [0.05, 0.1) is 12.7 Å². The van der Waals surface area contributed by atoms with E-state index >= 15 is 0 Å². The first-order chi connectivity index (χ1) is 10.7. The largest absolute Gasteiger partial charge is 0.496 e. The predicted octanol–water partition coefficient (Wildman–Crippen LogP) is 2.86. The second-order valence-corrected chi connectivity index (χ2v) is 4.76. The number of carbonyl (C=O) groups is 1. The van der Waals surface area contributed by atoms with Crippen molar-refractivity contribution in [2.75, 3.05) is 7.11 Å². The fourth-order valence-corrected chi connectivity index (χ4v) is 2.17. The van der Waals surface area contributed by atoms with Crippen LogP contribution in [0.2, 0.25) is 0 Å². The number of carbonyl (C=O) groups excluding carboxylic acids is 1. The van der Waals surface area contributed by atoms with E-state index in [1.165, 1.54) is 7.11 Å². The van der Waals surface area contributed by atoms with E-state index in [1.807, 2.05) is 30.3 Å². The topological polar surface area (TPSA) is 74.7 Å². The molecule has 0 aliphatic carbocycles. The maximum absolute atomic E-state index is 12.5. The van der Waals surface area contributed by atoms with E-state index in [0.29, 0.717) is 17.0 Å². The Morgan fingerprint density at radius 2 is 1.77 bits per heavy atom. The summed E-state index contributed by atoms with van der Waals surface area (Å²) in [7, 11) is 1.52. The summed E-state index contributed by atoms with van der Waals surface area (Å²) < 4.78 is 5.20. The molecule has 0 bridgehead atoms. The first-order valence-electron chi connectivity index (χ1n) is 6.84. The van der Waals surface area contributed by atoms with Gasteiger partial charge < -0.3 is 15.6 Å². The van der Waals surface area contributed by atoms with Gasteiger partial charge in [-0.3, -0.25) is 4.79 Å².